The van der Waals surface area contributed by atoms with Crippen LogP contribution in [0.1, 0.15) is 27.5 Å². The lowest BCUT2D eigenvalue weighted by atomic mass is 10.0. The van der Waals surface area contributed by atoms with Gasteiger partial charge in [-0.1, -0.05) is 18.2 Å². The highest BCUT2D eigenvalue weighted by molar-refractivity contribution is 5.91. The Hall–Kier alpha value is -4.11. The van der Waals surface area contributed by atoms with E-state index in [0.29, 0.717) is 28.5 Å². The first-order valence-corrected chi connectivity index (χ1v) is 8.56. The van der Waals surface area contributed by atoms with Gasteiger partial charge in [0.2, 0.25) is 0 Å². The van der Waals surface area contributed by atoms with Crippen molar-refractivity contribution in [3.05, 3.63) is 77.3 Å². The Morgan fingerprint density at radius 2 is 2.04 bits per heavy atom. The average Bonchev–Trinajstić information content (AvgIpc) is 3.33. The van der Waals surface area contributed by atoms with Crippen LogP contribution in [0, 0.1) is 18.3 Å². The van der Waals surface area contributed by atoms with Gasteiger partial charge in [-0.25, -0.2) is 9.78 Å². The zero-order chi connectivity index (χ0) is 19.7. The van der Waals surface area contributed by atoms with Gasteiger partial charge in [0, 0.05) is 11.6 Å². The Labute approximate surface area is 160 Å². The molecule has 0 bridgehead atoms. The van der Waals surface area contributed by atoms with E-state index in [0.717, 1.165) is 16.6 Å². The Morgan fingerprint density at radius 3 is 2.79 bits per heavy atom. The second kappa shape index (κ2) is 6.89. The van der Waals surface area contributed by atoms with E-state index in [1.54, 1.807) is 36.4 Å². The van der Waals surface area contributed by atoms with E-state index in [1.165, 1.54) is 0 Å². The molecule has 0 atom stereocenters. The van der Waals surface area contributed by atoms with Crippen molar-refractivity contribution in [2.24, 2.45) is 0 Å². The van der Waals surface area contributed by atoms with Crippen LogP contribution in [-0.4, -0.2) is 21.0 Å². The lowest BCUT2D eigenvalue weighted by Gasteiger charge is -2.04. The number of H-pyrrole nitrogens is 1. The SMILES string of the molecule is Cc1ccc(C(=O)O)cc1-c1ccc(/C=C(\C#N)c2nc3ccccc3[nH]2)o1. The van der Waals surface area contributed by atoms with E-state index in [1.807, 2.05) is 31.2 Å². The first-order chi connectivity index (χ1) is 13.5. The number of hydrogen-bond acceptors (Lipinski definition) is 4. The molecule has 6 heteroatoms. The average molecular weight is 369 g/mol. The summed E-state index contributed by atoms with van der Waals surface area (Å²) in [5, 5.41) is 18.7. The number of aromatic nitrogens is 2. The second-order valence-corrected chi connectivity index (χ2v) is 6.31. The molecule has 0 amide bonds. The third-order valence-electron chi connectivity index (χ3n) is 4.43. The summed E-state index contributed by atoms with van der Waals surface area (Å²) < 4.78 is 5.85. The summed E-state index contributed by atoms with van der Waals surface area (Å²) in [6.45, 7) is 1.88. The number of aromatic amines is 1. The van der Waals surface area contributed by atoms with E-state index in [4.69, 9.17) is 4.42 Å². The number of carboxylic acids is 1. The van der Waals surface area contributed by atoms with E-state index < -0.39 is 5.97 Å². The van der Waals surface area contributed by atoms with Crippen molar-refractivity contribution in [3.8, 4) is 17.4 Å². The minimum atomic E-state index is -0.996. The van der Waals surface area contributed by atoms with E-state index in [-0.39, 0.29) is 5.56 Å². The number of rotatable bonds is 4. The van der Waals surface area contributed by atoms with Gasteiger partial charge >= 0.3 is 5.97 Å². The highest BCUT2D eigenvalue weighted by atomic mass is 16.4. The molecular weight excluding hydrogens is 354 g/mol. The molecule has 0 saturated carbocycles. The molecule has 4 aromatic rings. The first-order valence-electron chi connectivity index (χ1n) is 8.56. The van der Waals surface area contributed by atoms with E-state index >= 15 is 0 Å². The predicted octanol–water partition coefficient (Wildman–Crippen LogP) is 4.89. The Morgan fingerprint density at radius 1 is 1.21 bits per heavy atom. The van der Waals surface area contributed by atoms with Crippen molar-refractivity contribution in [1.82, 2.24) is 9.97 Å². The van der Waals surface area contributed by atoms with Crippen LogP contribution in [0.4, 0.5) is 0 Å². The van der Waals surface area contributed by atoms with Crippen molar-refractivity contribution >= 4 is 28.7 Å². The van der Waals surface area contributed by atoms with Crippen molar-refractivity contribution in [1.29, 1.82) is 5.26 Å². The smallest absolute Gasteiger partial charge is 0.335 e. The standard InChI is InChI=1S/C22H15N3O3/c1-13-6-7-14(22(26)27)11-17(13)20-9-8-16(28-20)10-15(12-23)21-24-18-4-2-3-5-19(18)25-21/h2-11H,1H3,(H,24,25)(H,26,27)/b15-10+. The summed E-state index contributed by atoms with van der Waals surface area (Å²) in [6, 6.07) is 18.1. The number of aryl methyl sites for hydroxylation is 1. The topological polar surface area (TPSA) is 103 Å². The molecule has 2 N–H and O–H groups in total. The zero-order valence-corrected chi connectivity index (χ0v) is 14.9. The van der Waals surface area contributed by atoms with Crippen LogP contribution in [0.5, 0.6) is 0 Å². The Balaban J connectivity index is 1.71. The van der Waals surface area contributed by atoms with Crippen molar-refractivity contribution in [2.45, 2.75) is 6.92 Å². The molecule has 2 aromatic carbocycles. The molecule has 0 aliphatic heterocycles. The van der Waals surface area contributed by atoms with E-state index in [9.17, 15) is 15.2 Å². The molecule has 0 radical (unpaired) electrons. The molecule has 0 fully saturated rings. The summed E-state index contributed by atoms with van der Waals surface area (Å²) in [7, 11) is 0. The number of nitrogens with zero attached hydrogens (tertiary/aromatic N) is 2. The predicted molar refractivity (Wildman–Crippen MR) is 105 cm³/mol. The van der Waals surface area contributed by atoms with Gasteiger partial charge in [-0.2, -0.15) is 5.26 Å². The number of nitrogens with one attached hydrogen (secondary N) is 1. The molecule has 28 heavy (non-hydrogen) atoms. The van der Waals surface area contributed by atoms with E-state index in [2.05, 4.69) is 16.0 Å². The van der Waals surface area contributed by atoms with Crippen LogP contribution in [0.15, 0.2) is 59.0 Å². The monoisotopic (exact) mass is 369 g/mol. The molecule has 0 unspecified atom stereocenters. The maximum absolute atomic E-state index is 11.2. The van der Waals surface area contributed by atoms with Crippen LogP contribution in [0.2, 0.25) is 0 Å². The molecule has 2 aromatic heterocycles. The fourth-order valence-electron chi connectivity index (χ4n) is 2.97. The summed E-state index contributed by atoms with van der Waals surface area (Å²) >= 11 is 0. The van der Waals surface area contributed by atoms with Crippen molar-refractivity contribution < 1.29 is 14.3 Å². The number of fused-ring (bicyclic) bond motifs is 1. The molecular formula is C22H15N3O3. The van der Waals surface area contributed by atoms with Crippen molar-refractivity contribution in [2.75, 3.05) is 0 Å². The van der Waals surface area contributed by atoms with Gasteiger partial charge in [0.15, 0.2) is 0 Å². The van der Waals surface area contributed by atoms with Crippen LogP contribution >= 0.6 is 0 Å². The van der Waals surface area contributed by atoms with Crippen LogP contribution in [0.25, 0.3) is 34.0 Å². The number of benzene rings is 2. The van der Waals surface area contributed by atoms with Crippen LogP contribution in [-0.2, 0) is 0 Å². The summed E-state index contributed by atoms with van der Waals surface area (Å²) in [5.41, 5.74) is 3.75. The highest BCUT2D eigenvalue weighted by Crippen LogP contribution is 2.28. The maximum atomic E-state index is 11.2. The number of imidazole rings is 1. The summed E-state index contributed by atoms with van der Waals surface area (Å²) in [6.07, 6.45) is 1.61. The zero-order valence-electron chi connectivity index (χ0n) is 14.9. The lowest BCUT2D eigenvalue weighted by Crippen LogP contribution is -1.96. The molecule has 4 rings (SSSR count). The minimum absolute atomic E-state index is 0.189. The molecule has 0 spiro atoms. The minimum Gasteiger partial charge on any atom is -0.478 e. The number of hydrogen-bond donors (Lipinski definition) is 2. The molecule has 2 heterocycles. The third kappa shape index (κ3) is 3.17. The quantitative estimate of drug-likeness (QED) is 0.498. The van der Waals surface area contributed by atoms with Gasteiger partial charge in [-0.05, 0) is 48.9 Å². The lowest BCUT2D eigenvalue weighted by molar-refractivity contribution is 0.0697. The van der Waals surface area contributed by atoms with Gasteiger partial charge in [0.1, 0.15) is 23.4 Å². The second-order valence-electron chi connectivity index (χ2n) is 6.31. The fraction of sp³-hybridized carbons (Fsp3) is 0.0455. The van der Waals surface area contributed by atoms with Crippen molar-refractivity contribution in [3.63, 3.8) is 0 Å². The van der Waals surface area contributed by atoms with Gasteiger partial charge in [0.05, 0.1) is 22.2 Å². The van der Waals surface area contributed by atoms with Crippen LogP contribution < -0.4 is 0 Å². The molecule has 6 nitrogen and oxygen atoms in total. The molecule has 136 valence electrons. The van der Waals surface area contributed by atoms with Gasteiger partial charge in [-0.15, -0.1) is 0 Å². The fourth-order valence-corrected chi connectivity index (χ4v) is 2.97. The van der Waals surface area contributed by atoms with Gasteiger partial charge in [0.25, 0.3) is 0 Å². The number of allylic oxidation sites excluding steroid dienone is 1. The number of carboxylic acid groups (broad SMARTS) is 1. The first kappa shape index (κ1) is 17.3. The largest absolute Gasteiger partial charge is 0.478 e. The normalized spacial score (nSPS) is 11.5. The van der Waals surface area contributed by atoms with Gasteiger partial charge < -0.3 is 14.5 Å². The summed E-state index contributed by atoms with van der Waals surface area (Å²) in [5.74, 6) is 0.483. The molecule has 0 saturated heterocycles. The Bertz CT molecular complexity index is 1240. The number of para-hydroxylation sites is 2. The third-order valence-corrected chi connectivity index (χ3v) is 4.43. The number of carbonyl (C=O) groups is 1. The molecule has 0 aliphatic carbocycles. The Kier molecular flexibility index (Phi) is 4.26. The number of nitriles is 1. The molecule has 0 aliphatic rings. The van der Waals surface area contributed by atoms with Gasteiger partial charge in [-0.3, -0.25) is 0 Å². The maximum Gasteiger partial charge on any atom is 0.335 e. The number of furan rings is 1. The highest BCUT2D eigenvalue weighted by Gasteiger charge is 2.13. The summed E-state index contributed by atoms with van der Waals surface area (Å²) in [4.78, 5) is 18.8. The number of aromatic carboxylic acids is 1. The van der Waals surface area contributed by atoms with Crippen LogP contribution in [0.3, 0.4) is 0 Å².